The summed E-state index contributed by atoms with van der Waals surface area (Å²) in [6, 6.07) is 8.47. The van der Waals surface area contributed by atoms with Crippen molar-refractivity contribution in [1.82, 2.24) is 9.88 Å². The second kappa shape index (κ2) is 7.43. The number of aromatic amines is 1. The Balaban J connectivity index is 1.73. The van der Waals surface area contributed by atoms with Gasteiger partial charge in [0.2, 0.25) is 0 Å². The first kappa shape index (κ1) is 18.7. The minimum Gasteiger partial charge on any atom is -0.468 e. The van der Waals surface area contributed by atoms with E-state index in [0.29, 0.717) is 6.42 Å². The Morgan fingerprint density at radius 1 is 1.25 bits per heavy atom. The van der Waals surface area contributed by atoms with E-state index in [-0.39, 0.29) is 17.9 Å². The molecule has 0 bridgehead atoms. The molecule has 0 aliphatic carbocycles. The molecule has 28 heavy (non-hydrogen) atoms. The number of carbonyl (C=O) groups excluding carboxylic acids is 2. The largest absolute Gasteiger partial charge is 0.468 e. The number of nitrogens with zero attached hydrogens (tertiary/aromatic N) is 1. The topological polar surface area (TPSA) is 71.6 Å². The lowest BCUT2D eigenvalue weighted by Crippen LogP contribution is -2.49. The number of benzene rings is 1. The first-order valence-corrected chi connectivity index (χ1v) is 9.70. The van der Waals surface area contributed by atoms with Crippen LogP contribution in [0.3, 0.4) is 0 Å². The standard InChI is InChI=1S/C22H26N2O4/c1-4-13-12-24-10-9-15-14-7-5-6-8-17(14)23-20(15)18(24)11-16(13)19(21(25)27-2)22(26)28-3/h4-8,13,16,18-19,23H,1,9-12H2,2-3H3/t13-,16-,18-/m0/s1. The van der Waals surface area contributed by atoms with Gasteiger partial charge >= 0.3 is 11.9 Å². The van der Waals surface area contributed by atoms with Crippen molar-refractivity contribution in [2.24, 2.45) is 17.8 Å². The Labute approximate surface area is 164 Å². The molecule has 148 valence electrons. The molecule has 6 heteroatoms. The monoisotopic (exact) mass is 382 g/mol. The van der Waals surface area contributed by atoms with E-state index in [0.717, 1.165) is 25.0 Å². The van der Waals surface area contributed by atoms with E-state index in [1.54, 1.807) is 0 Å². The Bertz CT molecular complexity index is 902. The van der Waals surface area contributed by atoms with Crippen LogP contribution >= 0.6 is 0 Å². The van der Waals surface area contributed by atoms with E-state index < -0.39 is 17.9 Å². The van der Waals surface area contributed by atoms with Gasteiger partial charge < -0.3 is 14.5 Å². The maximum absolute atomic E-state index is 12.4. The number of hydrogen-bond donors (Lipinski definition) is 1. The van der Waals surface area contributed by atoms with Crippen molar-refractivity contribution in [3.63, 3.8) is 0 Å². The highest BCUT2D eigenvalue weighted by Crippen LogP contribution is 2.45. The SMILES string of the molecule is C=C[C@H]1CN2CCc3c([nH]c4ccccc34)[C@@H]2C[C@@H]1C(C(=O)OC)C(=O)OC. The van der Waals surface area contributed by atoms with E-state index in [9.17, 15) is 9.59 Å². The lowest BCUT2D eigenvalue weighted by molar-refractivity contribution is -0.164. The Morgan fingerprint density at radius 2 is 1.96 bits per heavy atom. The number of carbonyl (C=O) groups is 2. The number of hydrogen-bond acceptors (Lipinski definition) is 5. The normalized spacial score (nSPS) is 24.5. The van der Waals surface area contributed by atoms with Crippen LogP contribution in [0.1, 0.15) is 23.7 Å². The summed E-state index contributed by atoms with van der Waals surface area (Å²) in [6.07, 6.45) is 3.52. The van der Waals surface area contributed by atoms with E-state index in [1.807, 2.05) is 12.1 Å². The van der Waals surface area contributed by atoms with Crippen molar-refractivity contribution in [1.29, 1.82) is 0 Å². The number of nitrogens with one attached hydrogen (secondary N) is 1. The third-order valence-corrected chi connectivity index (χ3v) is 6.40. The quantitative estimate of drug-likeness (QED) is 0.500. The third kappa shape index (κ3) is 2.92. The van der Waals surface area contributed by atoms with Crippen LogP contribution in [0.5, 0.6) is 0 Å². The number of esters is 2. The highest BCUT2D eigenvalue weighted by molar-refractivity contribution is 5.95. The molecule has 3 atom stereocenters. The molecule has 2 aliphatic rings. The van der Waals surface area contributed by atoms with Crippen LogP contribution in [0, 0.1) is 17.8 Å². The summed E-state index contributed by atoms with van der Waals surface area (Å²) >= 11 is 0. The number of para-hydroxylation sites is 1. The van der Waals surface area contributed by atoms with Crippen LogP contribution in [0.25, 0.3) is 10.9 Å². The van der Waals surface area contributed by atoms with Gasteiger partial charge in [0.05, 0.1) is 20.3 Å². The van der Waals surface area contributed by atoms with Gasteiger partial charge in [0.15, 0.2) is 5.92 Å². The molecule has 4 rings (SSSR count). The van der Waals surface area contributed by atoms with Gasteiger partial charge in [-0.1, -0.05) is 24.3 Å². The van der Waals surface area contributed by atoms with Gasteiger partial charge in [-0.05, 0) is 36.3 Å². The molecule has 0 spiro atoms. The summed E-state index contributed by atoms with van der Waals surface area (Å²) in [5, 5.41) is 1.26. The lowest BCUT2D eigenvalue weighted by atomic mass is 9.72. The van der Waals surface area contributed by atoms with Crippen molar-refractivity contribution in [2.75, 3.05) is 27.3 Å². The minimum atomic E-state index is -0.935. The predicted molar refractivity (Wildman–Crippen MR) is 106 cm³/mol. The van der Waals surface area contributed by atoms with Crippen molar-refractivity contribution in [3.8, 4) is 0 Å². The van der Waals surface area contributed by atoms with Crippen molar-refractivity contribution >= 4 is 22.8 Å². The maximum Gasteiger partial charge on any atom is 0.320 e. The van der Waals surface area contributed by atoms with Gasteiger partial charge in [0, 0.05) is 29.7 Å². The zero-order valence-electron chi connectivity index (χ0n) is 16.3. The van der Waals surface area contributed by atoms with E-state index in [4.69, 9.17) is 9.47 Å². The molecular formula is C22H26N2O4. The molecule has 0 unspecified atom stereocenters. The van der Waals surface area contributed by atoms with Crippen LogP contribution in [-0.2, 0) is 25.5 Å². The van der Waals surface area contributed by atoms with Gasteiger partial charge in [0.25, 0.3) is 0 Å². The molecule has 0 amide bonds. The molecule has 2 aromatic rings. The average molecular weight is 382 g/mol. The summed E-state index contributed by atoms with van der Waals surface area (Å²) in [7, 11) is 2.62. The fraction of sp³-hybridized carbons (Fsp3) is 0.455. The molecule has 0 saturated carbocycles. The number of H-pyrrole nitrogens is 1. The second-order valence-corrected chi connectivity index (χ2v) is 7.65. The first-order valence-electron chi connectivity index (χ1n) is 9.70. The summed E-state index contributed by atoms with van der Waals surface area (Å²) in [6.45, 7) is 5.68. The summed E-state index contributed by atoms with van der Waals surface area (Å²) in [4.78, 5) is 30.9. The Hall–Kier alpha value is -2.60. The summed E-state index contributed by atoms with van der Waals surface area (Å²) in [5.74, 6) is -2.20. The number of fused-ring (bicyclic) bond motifs is 5. The van der Waals surface area contributed by atoms with Gasteiger partial charge in [-0.2, -0.15) is 0 Å². The number of rotatable bonds is 4. The van der Waals surface area contributed by atoms with Crippen LogP contribution < -0.4 is 0 Å². The summed E-state index contributed by atoms with van der Waals surface area (Å²) in [5.41, 5.74) is 3.68. The number of piperidine rings is 1. The molecule has 1 saturated heterocycles. The molecule has 1 aromatic heterocycles. The van der Waals surface area contributed by atoms with Crippen molar-refractivity contribution < 1.29 is 19.1 Å². The Morgan fingerprint density at radius 3 is 2.64 bits per heavy atom. The Kier molecular flexibility index (Phi) is 4.98. The van der Waals surface area contributed by atoms with Crippen LogP contribution in [0.15, 0.2) is 36.9 Å². The van der Waals surface area contributed by atoms with E-state index in [2.05, 4.69) is 34.7 Å². The van der Waals surface area contributed by atoms with Gasteiger partial charge in [0.1, 0.15) is 0 Å². The van der Waals surface area contributed by atoms with Crippen LogP contribution in [-0.4, -0.2) is 49.1 Å². The highest BCUT2D eigenvalue weighted by Gasteiger charge is 2.47. The minimum absolute atomic E-state index is 0.0189. The van der Waals surface area contributed by atoms with Gasteiger partial charge in [-0.15, -0.1) is 6.58 Å². The van der Waals surface area contributed by atoms with E-state index in [1.165, 1.54) is 30.9 Å². The fourth-order valence-corrected chi connectivity index (χ4v) is 5.03. The smallest absolute Gasteiger partial charge is 0.320 e. The molecule has 3 heterocycles. The average Bonchev–Trinajstić information content (AvgIpc) is 3.12. The number of ether oxygens (including phenoxy) is 2. The third-order valence-electron chi connectivity index (χ3n) is 6.40. The predicted octanol–water partition coefficient (Wildman–Crippen LogP) is 2.85. The fourth-order valence-electron chi connectivity index (χ4n) is 5.03. The molecule has 2 aliphatic heterocycles. The molecule has 1 N–H and O–H groups in total. The van der Waals surface area contributed by atoms with Crippen molar-refractivity contribution in [2.45, 2.75) is 18.9 Å². The lowest BCUT2D eigenvalue weighted by Gasteiger charge is -2.46. The molecule has 6 nitrogen and oxygen atoms in total. The first-order chi connectivity index (χ1) is 13.6. The van der Waals surface area contributed by atoms with Gasteiger partial charge in [-0.25, -0.2) is 0 Å². The van der Waals surface area contributed by atoms with Crippen LogP contribution in [0.4, 0.5) is 0 Å². The molecule has 1 aromatic carbocycles. The number of aromatic nitrogens is 1. The van der Waals surface area contributed by atoms with Crippen molar-refractivity contribution in [3.05, 3.63) is 48.2 Å². The zero-order valence-corrected chi connectivity index (χ0v) is 16.3. The van der Waals surface area contributed by atoms with E-state index >= 15 is 0 Å². The second-order valence-electron chi connectivity index (χ2n) is 7.65. The van der Waals surface area contributed by atoms with Gasteiger partial charge in [-0.3, -0.25) is 14.5 Å². The zero-order chi connectivity index (χ0) is 19.8. The molecule has 0 radical (unpaired) electrons. The van der Waals surface area contributed by atoms with Crippen LogP contribution in [0.2, 0.25) is 0 Å². The maximum atomic E-state index is 12.4. The summed E-state index contributed by atoms with van der Waals surface area (Å²) < 4.78 is 9.88. The molecular weight excluding hydrogens is 356 g/mol. The number of methoxy groups -OCH3 is 2. The molecule has 1 fully saturated rings. The highest BCUT2D eigenvalue weighted by atomic mass is 16.5.